The Kier molecular flexibility index (Phi) is 8.08. The van der Waals surface area contributed by atoms with E-state index in [9.17, 15) is 19.5 Å². The summed E-state index contributed by atoms with van der Waals surface area (Å²) in [6, 6.07) is 9.48. The van der Waals surface area contributed by atoms with Crippen molar-refractivity contribution in [3.05, 3.63) is 42.0 Å². The molecule has 1 aromatic carbocycles. The van der Waals surface area contributed by atoms with E-state index in [1.54, 1.807) is 6.08 Å². The zero-order valence-electron chi connectivity index (χ0n) is 16.5. The van der Waals surface area contributed by atoms with Crippen LogP contribution in [-0.2, 0) is 19.1 Å². The summed E-state index contributed by atoms with van der Waals surface area (Å²) >= 11 is 0. The van der Waals surface area contributed by atoms with Gasteiger partial charge in [-0.1, -0.05) is 49.4 Å². The lowest BCUT2D eigenvalue weighted by molar-refractivity contribution is -0.205. The third kappa shape index (κ3) is 4.56. The fourth-order valence-corrected chi connectivity index (χ4v) is 3.76. The molecule has 6 heteroatoms. The van der Waals surface area contributed by atoms with Crippen LogP contribution in [0.15, 0.2) is 36.4 Å². The normalized spacial score (nSPS) is 19.9. The Morgan fingerprint density at radius 2 is 2.11 bits per heavy atom. The van der Waals surface area contributed by atoms with Crippen LogP contribution in [0.3, 0.4) is 0 Å². The number of ketones is 1. The molecule has 1 N–H and O–H groups in total. The predicted molar refractivity (Wildman–Crippen MR) is 106 cm³/mol. The maximum absolute atomic E-state index is 13.2. The highest BCUT2D eigenvalue weighted by atomic mass is 16.6. The zero-order valence-corrected chi connectivity index (χ0v) is 16.5. The summed E-state index contributed by atoms with van der Waals surface area (Å²) in [5, 5.41) is 10.7. The van der Waals surface area contributed by atoms with Gasteiger partial charge in [-0.3, -0.25) is 9.59 Å². The predicted octanol–water partition coefficient (Wildman–Crippen LogP) is 2.74. The third-order valence-corrected chi connectivity index (χ3v) is 5.32. The molecule has 152 valence electrons. The van der Waals surface area contributed by atoms with Gasteiger partial charge in [0.25, 0.3) is 0 Å². The van der Waals surface area contributed by atoms with Gasteiger partial charge >= 0.3 is 0 Å². The van der Waals surface area contributed by atoms with E-state index < -0.39 is 11.8 Å². The van der Waals surface area contributed by atoms with Crippen LogP contribution < -0.4 is 0 Å². The van der Waals surface area contributed by atoms with E-state index in [2.05, 4.69) is 0 Å². The fraction of sp³-hybridized carbons (Fsp3) is 0.500. The Morgan fingerprint density at radius 3 is 2.68 bits per heavy atom. The first-order valence-corrected chi connectivity index (χ1v) is 9.72. The molecule has 0 spiro atoms. The van der Waals surface area contributed by atoms with E-state index in [0.29, 0.717) is 19.3 Å². The largest absolute Gasteiger partial charge is 0.366 e. The van der Waals surface area contributed by atoms with E-state index in [1.807, 2.05) is 43.3 Å². The molecule has 0 aromatic heterocycles. The van der Waals surface area contributed by atoms with E-state index in [-0.39, 0.29) is 37.0 Å². The number of benzene rings is 1. The van der Waals surface area contributed by atoms with Crippen LogP contribution in [0.2, 0.25) is 0 Å². The summed E-state index contributed by atoms with van der Waals surface area (Å²) in [5.74, 6) is -0.451. The van der Waals surface area contributed by atoms with Crippen molar-refractivity contribution in [3.8, 4) is 0 Å². The molecular formula is C22H29NO5. The van der Waals surface area contributed by atoms with Crippen molar-refractivity contribution in [2.45, 2.75) is 63.3 Å². The van der Waals surface area contributed by atoms with Crippen molar-refractivity contribution in [2.75, 3.05) is 7.11 Å². The molecule has 2 rings (SSSR count). The van der Waals surface area contributed by atoms with E-state index in [0.717, 1.165) is 11.8 Å². The molecule has 0 aliphatic carbocycles. The number of aliphatic hydroxyl groups is 1. The molecule has 1 fully saturated rings. The average molecular weight is 387 g/mol. The van der Waals surface area contributed by atoms with Crippen molar-refractivity contribution in [1.82, 2.24) is 4.90 Å². The lowest BCUT2D eigenvalue weighted by Gasteiger charge is -2.53. The van der Waals surface area contributed by atoms with Gasteiger partial charge in [0.15, 0.2) is 17.6 Å². The molecule has 6 nitrogen and oxygen atoms in total. The van der Waals surface area contributed by atoms with E-state index >= 15 is 0 Å². The zero-order chi connectivity index (χ0) is 20.6. The summed E-state index contributed by atoms with van der Waals surface area (Å²) in [6.07, 6.45) is 4.90. The summed E-state index contributed by atoms with van der Waals surface area (Å²) in [5.41, 5.74) is -0.530. The molecule has 1 aliphatic heterocycles. The number of Topliss-reactive ketones (excluding diaryl/α,β-unsaturated/α-hetero) is 1. The quantitative estimate of drug-likeness (QED) is 0.258. The number of aliphatic hydroxyl groups excluding tert-OH is 1. The van der Waals surface area contributed by atoms with Crippen LogP contribution in [0.5, 0.6) is 0 Å². The standard InChI is InChI=1S/C22H29NO5/c1-3-18-16-20(26)23(18)22(21(27)28-2,19(25)13-7-8-15-24)14-9-12-17-10-5-4-6-11-17/h4-6,9-12,15,18,21,27H,3,7-8,13-14,16H2,1-2H3. The molecule has 1 heterocycles. The molecule has 0 bridgehead atoms. The van der Waals surface area contributed by atoms with Crippen LogP contribution in [0, 0.1) is 0 Å². The van der Waals surface area contributed by atoms with Gasteiger partial charge < -0.3 is 19.5 Å². The number of ether oxygens (including phenoxy) is 1. The van der Waals surface area contributed by atoms with E-state index in [1.165, 1.54) is 12.0 Å². The van der Waals surface area contributed by atoms with Crippen molar-refractivity contribution in [2.24, 2.45) is 0 Å². The number of unbranched alkanes of at least 4 members (excludes halogenated alkanes) is 1. The molecule has 3 atom stereocenters. The maximum Gasteiger partial charge on any atom is 0.225 e. The van der Waals surface area contributed by atoms with Crippen molar-refractivity contribution < 1.29 is 24.2 Å². The minimum absolute atomic E-state index is 0.0958. The topological polar surface area (TPSA) is 83.9 Å². The van der Waals surface area contributed by atoms with Crippen LogP contribution >= 0.6 is 0 Å². The Morgan fingerprint density at radius 1 is 1.39 bits per heavy atom. The minimum atomic E-state index is -1.49. The maximum atomic E-state index is 13.2. The van der Waals surface area contributed by atoms with Gasteiger partial charge in [0.1, 0.15) is 6.29 Å². The number of methoxy groups -OCH3 is 1. The van der Waals surface area contributed by atoms with Crippen molar-refractivity contribution >= 4 is 24.1 Å². The number of aldehydes is 1. The Balaban J connectivity index is 2.37. The number of carbonyl (C=O) groups is 3. The first kappa shape index (κ1) is 22.0. The number of amides is 1. The number of hydrogen-bond acceptors (Lipinski definition) is 5. The Labute approximate surface area is 166 Å². The van der Waals surface area contributed by atoms with Crippen molar-refractivity contribution in [3.63, 3.8) is 0 Å². The summed E-state index contributed by atoms with van der Waals surface area (Å²) in [4.78, 5) is 37.8. The van der Waals surface area contributed by atoms with Gasteiger partial charge in [0.2, 0.25) is 5.91 Å². The summed E-state index contributed by atoms with van der Waals surface area (Å²) < 4.78 is 5.18. The van der Waals surface area contributed by atoms with Crippen LogP contribution in [-0.4, -0.2) is 53.0 Å². The second kappa shape index (κ2) is 10.3. The third-order valence-electron chi connectivity index (χ3n) is 5.32. The van der Waals surface area contributed by atoms with Gasteiger partial charge in [-0.15, -0.1) is 0 Å². The van der Waals surface area contributed by atoms with E-state index in [4.69, 9.17) is 4.74 Å². The fourth-order valence-electron chi connectivity index (χ4n) is 3.76. The van der Waals surface area contributed by atoms with Crippen LogP contribution in [0.1, 0.15) is 51.0 Å². The number of likely N-dealkylation sites (tertiary alicyclic amines) is 1. The Bertz CT molecular complexity index is 702. The average Bonchev–Trinajstić information content (AvgIpc) is 2.71. The number of hydrogen-bond donors (Lipinski definition) is 1. The van der Waals surface area contributed by atoms with Gasteiger partial charge in [-0.05, 0) is 18.4 Å². The molecule has 3 unspecified atom stereocenters. The van der Waals surface area contributed by atoms with Crippen LogP contribution in [0.25, 0.3) is 6.08 Å². The monoisotopic (exact) mass is 387 g/mol. The highest BCUT2D eigenvalue weighted by Gasteiger charge is 2.57. The summed E-state index contributed by atoms with van der Waals surface area (Å²) in [6.45, 7) is 1.95. The van der Waals surface area contributed by atoms with Crippen LogP contribution in [0.4, 0.5) is 0 Å². The second-order valence-electron chi connectivity index (χ2n) is 7.04. The first-order valence-electron chi connectivity index (χ1n) is 9.72. The number of nitrogens with zero attached hydrogens (tertiary/aromatic N) is 1. The first-order chi connectivity index (χ1) is 13.5. The highest BCUT2D eigenvalue weighted by Crippen LogP contribution is 2.38. The summed E-state index contributed by atoms with van der Waals surface area (Å²) in [7, 11) is 1.32. The highest BCUT2D eigenvalue weighted by molar-refractivity contribution is 5.96. The minimum Gasteiger partial charge on any atom is -0.366 e. The Hall–Kier alpha value is -2.31. The molecule has 0 saturated carbocycles. The van der Waals surface area contributed by atoms with Gasteiger partial charge in [-0.2, -0.15) is 0 Å². The number of carbonyl (C=O) groups excluding carboxylic acids is 3. The molecule has 28 heavy (non-hydrogen) atoms. The lowest BCUT2D eigenvalue weighted by atomic mass is 9.78. The van der Waals surface area contributed by atoms with Crippen molar-refractivity contribution in [1.29, 1.82) is 0 Å². The number of β-lactam (4-membered cyclic amide) rings is 1. The van der Waals surface area contributed by atoms with Gasteiger partial charge in [0, 0.05) is 38.8 Å². The number of rotatable bonds is 12. The SMILES string of the molecule is CCC1CC(=O)N1C(CC=Cc1ccccc1)(C(=O)CCCC=O)C(O)OC. The molecule has 1 saturated heterocycles. The molecule has 1 aliphatic rings. The lowest BCUT2D eigenvalue weighted by Crippen LogP contribution is -2.71. The smallest absolute Gasteiger partial charge is 0.225 e. The molecule has 1 aromatic rings. The van der Waals surface area contributed by atoms with Gasteiger partial charge in [0.05, 0.1) is 0 Å². The molecule has 1 amide bonds. The van der Waals surface area contributed by atoms with Gasteiger partial charge in [-0.25, -0.2) is 0 Å². The molecular weight excluding hydrogens is 358 g/mol. The molecule has 0 radical (unpaired) electrons. The second-order valence-corrected chi connectivity index (χ2v) is 7.04.